The van der Waals surface area contributed by atoms with Crippen molar-refractivity contribution < 1.29 is 0 Å². The highest BCUT2D eigenvalue weighted by Crippen LogP contribution is 2.26. The maximum Gasteiger partial charge on any atom is 0.135 e. The van der Waals surface area contributed by atoms with Gasteiger partial charge in [0.05, 0.1) is 0 Å². The lowest BCUT2D eigenvalue weighted by Gasteiger charge is -2.21. The number of rotatable bonds is 5. The molecule has 0 saturated heterocycles. The quantitative estimate of drug-likeness (QED) is 0.799. The van der Waals surface area contributed by atoms with Crippen LogP contribution in [-0.4, -0.2) is 16.5 Å². The Morgan fingerprint density at radius 2 is 2.00 bits per heavy atom. The lowest BCUT2D eigenvalue weighted by Crippen LogP contribution is -2.13. The third-order valence-electron chi connectivity index (χ3n) is 3.81. The summed E-state index contributed by atoms with van der Waals surface area (Å²) >= 11 is 6.03. The molecule has 1 fully saturated rings. The summed E-state index contributed by atoms with van der Waals surface area (Å²) in [5, 5.41) is 3.92. The van der Waals surface area contributed by atoms with Gasteiger partial charge in [0, 0.05) is 18.5 Å². The maximum absolute atomic E-state index is 6.03. The second-order valence-corrected chi connectivity index (χ2v) is 6.20. The molecule has 1 aliphatic carbocycles. The van der Waals surface area contributed by atoms with Crippen LogP contribution in [0.2, 0.25) is 5.15 Å². The third kappa shape index (κ3) is 4.64. The summed E-state index contributed by atoms with van der Waals surface area (Å²) in [5.74, 6) is 2.87. The van der Waals surface area contributed by atoms with Gasteiger partial charge in [0.1, 0.15) is 16.8 Å². The number of anilines is 1. The predicted molar refractivity (Wildman–Crippen MR) is 80.8 cm³/mol. The van der Waals surface area contributed by atoms with Crippen LogP contribution in [0, 0.1) is 5.92 Å². The van der Waals surface area contributed by atoms with Crippen LogP contribution in [0.15, 0.2) is 6.07 Å². The Hall–Kier alpha value is -0.830. The van der Waals surface area contributed by atoms with E-state index in [-0.39, 0.29) is 0 Å². The van der Waals surface area contributed by atoms with Crippen LogP contribution in [0.1, 0.15) is 64.1 Å². The molecule has 1 aliphatic rings. The van der Waals surface area contributed by atoms with Gasteiger partial charge in [0.25, 0.3) is 0 Å². The first kappa shape index (κ1) is 14.6. The standard InChI is InChI=1S/C15H24ClN3/c1-11(2)15-18-13(16)10-14(19-15)17-9-8-12-6-4-3-5-7-12/h10-12H,3-9H2,1-2H3,(H,17,18,19). The first-order chi connectivity index (χ1) is 9.15. The zero-order valence-corrected chi connectivity index (χ0v) is 12.7. The normalized spacial score (nSPS) is 16.8. The Labute approximate surface area is 121 Å². The average Bonchev–Trinajstić information content (AvgIpc) is 2.39. The van der Waals surface area contributed by atoms with Crippen LogP contribution in [-0.2, 0) is 0 Å². The summed E-state index contributed by atoms with van der Waals surface area (Å²) in [6, 6.07) is 1.81. The van der Waals surface area contributed by atoms with Gasteiger partial charge in [-0.2, -0.15) is 0 Å². The largest absolute Gasteiger partial charge is 0.370 e. The molecule has 1 heterocycles. The Morgan fingerprint density at radius 1 is 1.26 bits per heavy atom. The monoisotopic (exact) mass is 281 g/mol. The van der Waals surface area contributed by atoms with Crippen molar-refractivity contribution in [3.63, 3.8) is 0 Å². The maximum atomic E-state index is 6.03. The van der Waals surface area contributed by atoms with Gasteiger partial charge in [-0.3, -0.25) is 0 Å². The summed E-state index contributed by atoms with van der Waals surface area (Å²) in [4.78, 5) is 8.75. The molecule has 0 aromatic carbocycles. The second-order valence-electron chi connectivity index (χ2n) is 5.81. The summed E-state index contributed by atoms with van der Waals surface area (Å²) < 4.78 is 0. The third-order valence-corrected chi connectivity index (χ3v) is 4.01. The van der Waals surface area contributed by atoms with E-state index in [0.29, 0.717) is 11.1 Å². The van der Waals surface area contributed by atoms with Crippen molar-refractivity contribution in [2.75, 3.05) is 11.9 Å². The topological polar surface area (TPSA) is 37.8 Å². The molecule has 0 radical (unpaired) electrons. The van der Waals surface area contributed by atoms with E-state index in [1.807, 2.05) is 6.07 Å². The molecular formula is C15H24ClN3. The Balaban J connectivity index is 1.84. The van der Waals surface area contributed by atoms with E-state index in [1.165, 1.54) is 38.5 Å². The van der Waals surface area contributed by atoms with Gasteiger partial charge in [0.2, 0.25) is 0 Å². The Bertz CT molecular complexity index is 400. The van der Waals surface area contributed by atoms with Crippen molar-refractivity contribution in [3.8, 4) is 0 Å². The molecule has 1 aromatic rings. The molecule has 4 heteroatoms. The van der Waals surface area contributed by atoms with E-state index >= 15 is 0 Å². The molecule has 0 atom stereocenters. The number of hydrogen-bond donors (Lipinski definition) is 1. The minimum atomic E-state index is 0.303. The summed E-state index contributed by atoms with van der Waals surface area (Å²) in [6.45, 7) is 5.14. The zero-order valence-electron chi connectivity index (χ0n) is 12.0. The average molecular weight is 282 g/mol. The van der Waals surface area contributed by atoms with Crippen LogP contribution in [0.4, 0.5) is 5.82 Å². The van der Waals surface area contributed by atoms with E-state index in [0.717, 1.165) is 24.1 Å². The van der Waals surface area contributed by atoms with Gasteiger partial charge in [-0.15, -0.1) is 0 Å². The molecule has 2 rings (SSSR count). The Morgan fingerprint density at radius 3 is 2.68 bits per heavy atom. The molecule has 19 heavy (non-hydrogen) atoms. The van der Waals surface area contributed by atoms with Gasteiger partial charge in [-0.05, 0) is 12.3 Å². The van der Waals surface area contributed by atoms with E-state index in [2.05, 4.69) is 29.1 Å². The molecule has 0 aliphatic heterocycles. The van der Waals surface area contributed by atoms with Gasteiger partial charge >= 0.3 is 0 Å². The second kappa shape index (κ2) is 7.09. The number of halogens is 1. The summed E-state index contributed by atoms with van der Waals surface area (Å²) in [7, 11) is 0. The zero-order chi connectivity index (χ0) is 13.7. The number of hydrogen-bond acceptors (Lipinski definition) is 3. The summed E-state index contributed by atoms with van der Waals surface area (Å²) in [6.07, 6.45) is 8.25. The lowest BCUT2D eigenvalue weighted by molar-refractivity contribution is 0.345. The van der Waals surface area contributed by atoms with Crippen LogP contribution in [0.5, 0.6) is 0 Å². The Kier molecular flexibility index (Phi) is 5.44. The molecule has 1 aromatic heterocycles. The highest BCUT2D eigenvalue weighted by Gasteiger charge is 2.13. The summed E-state index contributed by atoms with van der Waals surface area (Å²) in [5.41, 5.74) is 0. The van der Waals surface area contributed by atoms with E-state index in [1.54, 1.807) is 0 Å². The fraction of sp³-hybridized carbons (Fsp3) is 0.733. The van der Waals surface area contributed by atoms with Crippen molar-refractivity contribution >= 4 is 17.4 Å². The molecule has 0 amide bonds. The number of nitrogens with zero attached hydrogens (tertiary/aromatic N) is 2. The molecular weight excluding hydrogens is 258 g/mol. The van der Waals surface area contributed by atoms with Crippen molar-refractivity contribution in [1.82, 2.24) is 9.97 Å². The van der Waals surface area contributed by atoms with Crippen molar-refractivity contribution in [1.29, 1.82) is 0 Å². The minimum absolute atomic E-state index is 0.303. The van der Waals surface area contributed by atoms with Crippen LogP contribution in [0.25, 0.3) is 0 Å². The SMILES string of the molecule is CC(C)c1nc(Cl)cc(NCCC2CCCCC2)n1. The van der Waals surface area contributed by atoms with Gasteiger partial charge in [-0.25, -0.2) is 9.97 Å². The highest BCUT2D eigenvalue weighted by atomic mass is 35.5. The van der Waals surface area contributed by atoms with Gasteiger partial charge in [0.15, 0.2) is 0 Å². The minimum Gasteiger partial charge on any atom is -0.370 e. The molecule has 1 N–H and O–H groups in total. The van der Waals surface area contributed by atoms with Crippen molar-refractivity contribution in [3.05, 3.63) is 17.0 Å². The predicted octanol–water partition coefficient (Wildman–Crippen LogP) is 4.64. The van der Waals surface area contributed by atoms with Crippen LogP contribution < -0.4 is 5.32 Å². The fourth-order valence-corrected chi connectivity index (χ4v) is 2.85. The van der Waals surface area contributed by atoms with E-state index in [9.17, 15) is 0 Å². The van der Waals surface area contributed by atoms with E-state index in [4.69, 9.17) is 11.6 Å². The highest BCUT2D eigenvalue weighted by molar-refractivity contribution is 6.29. The van der Waals surface area contributed by atoms with Gasteiger partial charge in [-0.1, -0.05) is 57.6 Å². The lowest BCUT2D eigenvalue weighted by atomic mass is 9.87. The first-order valence-corrected chi connectivity index (χ1v) is 7.81. The van der Waals surface area contributed by atoms with E-state index < -0.39 is 0 Å². The molecule has 3 nitrogen and oxygen atoms in total. The number of aromatic nitrogens is 2. The molecule has 0 unspecified atom stereocenters. The van der Waals surface area contributed by atoms with Crippen LogP contribution >= 0.6 is 11.6 Å². The molecule has 106 valence electrons. The van der Waals surface area contributed by atoms with Gasteiger partial charge < -0.3 is 5.32 Å². The van der Waals surface area contributed by atoms with Crippen molar-refractivity contribution in [2.24, 2.45) is 5.92 Å². The molecule has 0 bridgehead atoms. The smallest absolute Gasteiger partial charge is 0.135 e. The first-order valence-electron chi connectivity index (χ1n) is 7.43. The van der Waals surface area contributed by atoms with Crippen LogP contribution in [0.3, 0.4) is 0 Å². The molecule has 0 spiro atoms. The number of nitrogens with one attached hydrogen (secondary N) is 1. The fourth-order valence-electron chi connectivity index (χ4n) is 2.66. The molecule has 1 saturated carbocycles. The van der Waals surface area contributed by atoms with Crippen molar-refractivity contribution in [2.45, 2.75) is 58.3 Å².